The van der Waals surface area contributed by atoms with E-state index in [1.165, 1.54) is 5.56 Å². The van der Waals surface area contributed by atoms with Crippen LogP contribution in [0.3, 0.4) is 0 Å². The Kier molecular flexibility index (Phi) is 5.18. The van der Waals surface area contributed by atoms with Gasteiger partial charge in [0.15, 0.2) is 0 Å². The molecule has 0 saturated carbocycles. The largest absolute Gasteiger partial charge is 0.494 e. The molecule has 108 valence electrons. The minimum Gasteiger partial charge on any atom is -0.494 e. The minimum absolute atomic E-state index is 0.376. The highest BCUT2D eigenvalue weighted by atomic mass is 16.5. The molecular weight excluding hydrogens is 250 g/mol. The Bertz CT molecular complexity index is 536. The molecule has 0 bridgehead atoms. The molecule has 0 aliphatic rings. The van der Waals surface area contributed by atoms with Crippen LogP contribution in [0.25, 0.3) is 0 Å². The zero-order valence-electron chi connectivity index (χ0n) is 12.5. The SMILES string of the molecule is CNC(CCOc1cccc(C)c1)Cc1nccn1C. The predicted octanol–water partition coefficient (Wildman–Crippen LogP) is 2.33. The molecule has 1 unspecified atom stereocenters. The first-order valence-corrected chi connectivity index (χ1v) is 7.02. The van der Waals surface area contributed by atoms with E-state index in [4.69, 9.17) is 4.74 Å². The summed E-state index contributed by atoms with van der Waals surface area (Å²) < 4.78 is 7.86. The third-order valence-electron chi connectivity index (χ3n) is 3.48. The topological polar surface area (TPSA) is 39.1 Å². The zero-order chi connectivity index (χ0) is 14.4. The highest BCUT2D eigenvalue weighted by Gasteiger charge is 2.10. The van der Waals surface area contributed by atoms with Crippen molar-refractivity contribution in [3.63, 3.8) is 0 Å². The molecule has 0 fully saturated rings. The first-order valence-electron chi connectivity index (χ1n) is 7.02. The fourth-order valence-corrected chi connectivity index (χ4v) is 2.19. The second-order valence-corrected chi connectivity index (χ2v) is 5.10. The van der Waals surface area contributed by atoms with Gasteiger partial charge in [0.25, 0.3) is 0 Å². The lowest BCUT2D eigenvalue weighted by Crippen LogP contribution is -2.30. The summed E-state index contributed by atoms with van der Waals surface area (Å²) in [6, 6.07) is 8.53. The first-order chi connectivity index (χ1) is 9.69. The van der Waals surface area contributed by atoms with Gasteiger partial charge in [0.2, 0.25) is 0 Å². The molecule has 4 heteroatoms. The fraction of sp³-hybridized carbons (Fsp3) is 0.438. The number of aromatic nitrogens is 2. The van der Waals surface area contributed by atoms with Gasteiger partial charge in [0.05, 0.1) is 6.61 Å². The van der Waals surface area contributed by atoms with Gasteiger partial charge in [-0.1, -0.05) is 12.1 Å². The third kappa shape index (κ3) is 4.10. The molecule has 2 aromatic rings. The van der Waals surface area contributed by atoms with Crippen LogP contribution >= 0.6 is 0 Å². The number of nitrogens with one attached hydrogen (secondary N) is 1. The van der Waals surface area contributed by atoms with E-state index in [0.29, 0.717) is 12.6 Å². The van der Waals surface area contributed by atoms with Crippen LogP contribution < -0.4 is 10.1 Å². The summed E-state index contributed by atoms with van der Waals surface area (Å²) >= 11 is 0. The maximum atomic E-state index is 5.80. The van der Waals surface area contributed by atoms with E-state index in [0.717, 1.165) is 24.4 Å². The van der Waals surface area contributed by atoms with Crippen molar-refractivity contribution in [1.82, 2.24) is 14.9 Å². The second kappa shape index (κ2) is 7.10. The van der Waals surface area contributed by atoms with Crippen molar-refractivity contribution >= 4 is 0 Å². The molecule has 0 spiro atoms. The Morgan fingerprint density at radius 3 is 2.90 bits per heavy atom. The van der Waals surface area contributed by atoms with Crippen LogP contribution in [-0.4, -0.2) is 29.2 Å². The van der Waals surface area contributed by atoms with E-state index in [-0.39, 0.29) is 0 Å². The Balaban J connectivity index is 1.81. The Morgan fingerprint density at radius 1 is 1.40 bits per heavy atom. The van der Waals surface area contributed by atoms with Crippen LogP contribution in [0, 0.1) is 6.92 Å². The molecule has 1 N–H and O–H groups in total. The van der Waals surface area contributed by atoms with Crippen molar-refractivity contribution in [2.75, 3.05) is 13.7 Å². The highest BCUT2D eigenvalue weighted by molar-refractivity contribution is 5.27. The van der Waals surface area contributed by atoms with Crippen molar-refractivity contribution < 1.29 is 4.74 Å². The van der Waals surface area contributed by atoms with Crippen molar-refractivity contribution in [2.24, 2.45) is 7.05 Å². The van der Waals surface area contributed by atoms with Crippen molar-refractivity contribution in [3.05, 3.63) is 48.0 Å². The third-order valence-corrected chi connectivity index (χ3v) is 3.48. The van der Waals surface area contributed by atoms with Crippen LogP contribution in [0.4, 0.5) is 0 Å². The smallest absolute Gasteiger partial charge is 0.119 e. The van der Waals surface area contributed by atoms with E-state index >= 15 is 0 Å². The number of hydrogen-bond acceptors (Lipinski definition) is 3. The average molecular weight is 273 g/mol. The van der Waals surface area contributed by atoms with Gasteiger partial charge in [-0.3, -0.25) is 0 Å². The quantitative estimate of drug-likeness (QED) is 0.841. The number of likely N-dealkylation sites (N-methyl/N-ethyl adjacent to an activating group) is 1. The molecular formula is C16H23N3O. The van der Waals surface area contributed by atoms with Gasteiger partial charge in [-0.25, -0.2) is 4.98 Å². The van der Waals surface area contributed by atoms with E-state index in [2.05, 4.69) is 33.9 Å². The van der Waals surface area contributed by atoms with Crippen LogP contribution in [0.2, 0.25) is 0 Å². The van der Waals surface area contributed by atoms with Crippen LogP contribution in [0.5, 0.6) is 5.75 Å². The Morgan fingerprint density at radius 2 is 2.25 bits per heavy atom. The van der Waals surface area contributed by atoms with E-state index in [1.807, 2.05) is 38.6 Å². The number of nitrogens with zero attached hydrogens (tertiary/aromatic N) is 2. The maximum absolute atomic E-state index is 5.80. The van der Waals surface area contributed by atoms with Gasteiger partial charge in [0.1, 0.15) is 11.6 Å². The first kappa shape index (κ1) is 14.6. The summed E-state index contributed by atoms with van der Waals surface area (Å²) in [4.78, 5) is 4.36. The molecule has 0 radical (unpaired) electrons. The van der Waals surface area contributed by atoms with Gasteiger partial charge in [-0.15, -0.1) is 0 Å². The van der Waals surface area contributed by atoms with Gasteiger partial charge >= 0.3 is 0 Å². The number of benzene rings is 1. The van der Waals surface area contributed by atoms with Gasteiger partial charge in [-0.05, 0) is 38.1 Å². The van der Waals surface area contributed by atoms with Crippen LogP contribution in [-0.2, 0) is 13.5 Å². The monoisotopic (exact) mass is 273 g/mol. The average Bonchev–Trinajstić information content (AvgIpc) is 2.83. The van der Waals surface area contributed by atoms with E-state index in [9.17, 15) is 0 Å². The molecule has 0 aliphatic carbocycles. The molecule has 20 heavy (non-hydrogen) atoms. The summed E-state index contributed by atoms with van der Waals surface area (Å²) in [6.45, 7) is 2.78. The normalized spacial score (nSPS) is 12.3. The summed E-state index contributed by atoms with van der Waals surface area (Å²) in [7, 11) is 4.01. The number of hydrogen-bond donors (Lipinski definition) is 1. The zero-order valence-corrected chi connectivity index (χ0v) is 12.5. The fourth-order valence-electron chi connectivity index (χ4n) is 2.19. The van der Waals surface area contributed by atoms with Crippen molar-refractivity contribution in [2.45, 2.75) is 25.8 Å². The summed E-state index contributed by atoms with van der Waals surface area (Å²) in [5.41, 5.74) is 1.22. The lowest BCUT2D eigenvalue weighted by Gasteiger charge is -2.16. The number of rotatable bonds is 7. The van der Waals surface area contributed by atoms with Crippen molar-refractivity contribution in [1.29, 1.82) is 0 Å². The predicted molar refractivity (Wildman–Crippen MR) is 81.1 cm³/mol. The molecule has 0 saturated heterocycles. The van der Waals surface area contributed by atoms with Crippen LogP contribution in [0.15, 0.2) is 36.7 Å². The van der Waals surface area contributed by atoms with Gasteiger partial charge < -0.3 is 14.6 Å². The molecule has 4 nitrogen and oxygen atoms in total. The minimum atomic E-state index is 0.376. The lowest BCUT2D eigenvalue weighted by atomic mass is 10.1. The Labute approximate surface area is 120 Å². The molecule has 2 rings (SSSR count). The highest BCUT2D eigenvalue weighted by Crippen LogP contribution is 2.13. The Hall–Kier alpha value is -1.81. The van der Waals surface area contributed by atoms with Crippen molar-refractivity contribution in [3.8, 4) is 5.75 Å². The van der Waals surface area contributed by atoms with E-state index in [1.54, 1.807) is 0 Å². The van der Waals surface area contributed by atoms with E-state index < -0.39 is 0 Å². The molecule has 0 aliphatic heterocycles. The molecule has 1 aromatic carbocycles. The number of aryl methyl sites for hydroxylation is 2. The molecule has 1 aromatic heterocycles. The number of ether oxygens (including phenoxy) is 1. The summed E-state index contributed by atoms with van der Waals surface area (Å²) in [5, 5.41) is 3.33. The number of imidazole rings is 1. The summed E-state index contributed by atoms with van der Waals surface area (Å²) in [5.74, 6) is 2.04. The molecule has 0 amide bonds. The molecule has 1 atom stereocenters. The van der Waals surface area contributed by atoms with Gasteiger partial charge in [-0.2, -0.15) is 0 Å². The standard InChI is InChI=1S/C16H23N3O/c1-13-5-4-6-15(11-13)20-10-7-14(17-2)12-16-18-8-9-19(16)3/h4-6,8-9,11,14,17H,7,10,12H2,1-3H3. The molecule has 1 heterocycles. The summed E-state index contributed by atoms with van der Waals surface area (Å²) in [6.07, 6.45) is 5.69. The second-order valence-electron chi connectivity index (χ2n) is 5.10. The van der Waals surface area contributed by atoms with Gasteiger partial charge in [0, 0.05) is 31.9 Å². The van der Waals surface area contributed by atoms with Crippen LogP contribution in [0.1, 0.15) is 17.8 Å². The maximum Gasteiger partial charge on any atom is 0.119 e. The lowest BCUT2D eigenvalue weighted by molar-refractivity contribution is 0.287.